The fraction of sp³-hybridized carbons (Fsp3) is 0.286. The lowest BCUT2D eigenvalue weighted by Crippen LogP contribution is -2.21. The number of anilines is 2. The van der Waals surface area contributed by atoms with Crippen molar-refractivity contribution in [3.8, 4) is 0 Å². The van der Waals surface area contributed by atoms with Crippen molar-refractivity contribution < 1.29 is 24.0 Å². The lowest BCUT2D eigenvalue weighted by Gasteiger charge is -2.09. The molecule has 0 aliphatic heterocycles. The predicted molar refractivity (Wildman–Crippen MR) is 111 cm³/mol. The first-order valence-corrected chi connectivity index (χ1v) is 9.31. The van der Waals surface area contributed by atoms with Gasteiger partial charge >= 0.3 is 5.97 Å². The summed E-state index contributed by atoms with van der Waals surface area (Å²) in [6.07, 6.45) is 0.307. The molecule has 0 atom stereocenters. The van der Waals surface area contributed by atoms with Crippen molar-refractivity contribution in [3.05, 3.63) is 63.7 Å². The van der Waals surface area contributed by atoms with Crippen LogP contribution in [-0.4, -0.2) is 29.3 Å². The average molecular weight is 413 g/mol. The summed E-state index contributed by atoms with van der Waals surface area (Å²) in [5.41, 5.74) is 3.00. The number of nitro benzene ring substituents is 1. The summed E-state index contributed by atoms with van der Waals surface area (Å²) in [6, 6.07) is 11.0. The second-order valence-corrected chi connectivity index (χ2v) is 6.73. The van der Waals surface area contributed by atoms with Crippen molar-refractivity contribution in [2.45, 2.75) is 33.1 Å². The molecule has 2 aromatic rings. The molecule has 0 aliphatic rings. The normalized spacial score (nSPS) is 10.2. The molecular weight excluding hydrogens is 390 g/mol. The molecule has 0 bridgehead atoms. The number of amides is 2. The standard InChI is InChI=1S/C21H23N3O6/c1-14-6-11-18(15(2)12-14)23-20(26)13-30-21(27)5-3-4-19(25)22-16-7-9-17(10-8-16)24(28)29/h6-12H,3-5,13H2,1-2H3,(H,22,25)(H,23,26). The molecule has 2 amide bonds. The van der Waals surface area contributed by atoms with Gasteiger partial charge in [0.05, 0.1) is 4.92 Å². The van der Waals surface area contributed by atoms with Crippen molar-refractivity contribution in [1.29, 1.82) is 0 Å². The van der Waals surface area contributed by atoms with Gasteiger partial charge in [0.25, 0.3) is 11.6 Å². The van der Waals surface area contributed by atoms with Crippen LogP contribution in [0.5, 0.6) is 0 Å². The minimum atomic E-state index is -0.575. The number of nitrogens with zero attached hydrogens (tertiary/aromatic N) is 1. The molecule has 0 spiro atoms. The number of esters is 1. The first-order valence-electron chi connectivity index (χ1n) is 9.31. The number of hydrogen-bond donors (Lipinski definition) is 2. The zero-order chi connectivity index (χ0) is 22.1. The Kier molecular flexibility index (Phi) is 8.04. The third kappa shape index (κ3) is 7.34. The van der Waals surface area contributed by atoms with Crippen molar-refractivity contribution in [2.75, 3.05) is 17.2 Å². The Labute approximate surface area is 173 Å². The van der Waals surface area contributed by atoms with E-state index in [0.717, 1.165) is 11.1 Å². The monoisotopic (exact) mass is 413 g/mol. The smallest absolute Gasteiger partial charge is 0.306 e. The van der Waals surface area contributed by atoms with E-state index in [4.69, 9.17) is 4.74 Å². The number of nitro groups is 1. The van der Waals surface area contributed by atoms with Crippen LogP contribution in [0.4, 0.5) is 17.1 Å². The number of carbonyl (C=O) groups excluding carboxylic acids is 3. The Morgan fingerprint density at radius 3 is 2.30 bits per heavy atom. The average Bonchev–Trinajstić information content (AvgIpc) is 2.69. The maximum Gasteiger partial charge on any atom is 0.306 e. The molecule has 0 saturated heterocycles. The second kappa shape index (κ2) is 10.7. The Morgan fingerprint density at radius 2 is 1.67 bits per heavy atom. The van der Waals surface area contributed by atoms with Crippen molar-refractivity contribution in [3.63, 3.8) is 0 Å². The fourth-order valence-electron chi connectivity index (χ4n) is 2.64. The quantitative estimate of drug-likeness (QED) is 0.368. The molecule has 158 valence electrons. The van der Waals surface area contributed by atoms with Gasteiger partial charge in [0.1, 0.15) is 0 Å². The van der Waals surface area contributed by atoms with E-state index < -0.39 is 23.4 Å². The van der Waals surface area contributed by atoms with Gasteiger partial charge in [-0.1, -0.05) is 17.7 Å². The molecule has 0 aliphatic carbocycles. The Morgan fingerprint density at radius 1 is 0.967 bits per heavy atom. The van der Waals surface area contributed by atoms with Gasteiger partial charge in [0.2, 0.25) is 5.91 Å². The van der Waals surface area contributed by atoms with Crippen LogP contribution in [0, 0.1) is 24.0 Å². The van der Waals surface area contributed by atoms with Crippen LogP contribution in [0.2, 0.25) is 0 Å². The van der Waals surface area contributed by atoms with E-state index in [1.54, 1.807) is 6.07 Å². The summed E-state index contributed by atoms with van der Waals surface area (Å²) < 4.78 is 4.93. The molecule has 0 radical (unpaired) electrons. The minimum Gasteiger partial charge on any atom is -0.456 e. The van der Waals surface area contributed by atoms with Gasteiger partial charge in [0.15, 0.2) is 6.61 Å². The molecule has 0 saturated carbocycles. The predicted octanol–water partition coefficient (Wildman–Crippen LogP) is 3.50. The zero-order valence-corrected chi connectivity index (χ0v) is 16.8. The summed E-state index contributed by atoms with van der Waals surface area (Å²) in [6.45, 7) is 3.42. The number of benzene rings is 2. The molecule has 30 heavy (non-hydrogen) atoms. The number of rotatable bonds is 9. The molecule has 0 unspecified atom stereocenters. The fourth-order valence-corrected chi connectivity index (χ4v) is 2.64. The van der Waals surface area contributed by atoms with Gasteiger partial charge in [0, 0.05) is 36.3 Å². The molecular formula is C21H23N3O6. The molecule has 2 rings (SSSR count). The number of nitrogens with one attached hydrogen (secondary N) is 2. The summed E-state index contributed by atoms with van der Waals surface area (Å²) in [7, 11) is 0. The molecule has 0 aromatic heterocycles. The lowest BCUT2D eigenvalue weighted by molar-refractivity contribution is -0.384. The molecule has 2 N–H and O–H groups in total. The number of non-ortho nitro benzene ring substituents is 1. The van der Waals surface area contributed by atoms with Gasteiger partial charge in [-0.2, -0.15) is 0 Å². The van der Waals surface area contributed by atoms with Crippen LogP contribution < -0.4 is 10.6 Å². The highest BCUT2D eigenvalue weighted by atomic mass is 16.6. The largest absolute Gasteiger partial charge is 0.456 e. The van der Waals surface area contributed by atoms with E-state index in [9.17, 15) is 24.5 Å². The van der Waals surface area contributed by atoms with Crippen LogP contribution in [-0.2, 0) is 19.1 Å². The molecule has 0 heterocycles. The van der Waals surface area contributed by atoms with Gasteiger partial charge in [-0.25, -0.2) is 0 Å². The van der Waals surface area contributed by atoms with Gasteiger partial charge in [-0.3, -0.25) is 24.5 Å². The first-order chi connectivity index (χ1) is 14.2. The highest BCUT2D eigenvalue weighted by molar-refractivity contribution is 5.93. The molecule has 9 nitrogen and oxygen atoms in total. The van der Waals surface area contributed by atoms with E-state index in [0.29, 0.717) is 11.4 Å². The minimum absolute atomic E-state index is 0.00940. The second-order valence-electron chi connectivity index (χ2n) is 6.73. The number of hydrogen-bond acceptors (Lipinski definition) is 6. The highest BCUT2D eigenvalue weighted by Gasteiger charge is 2.11. The topological polar surface area (TPSA) is 128 Å². The van der Waals surface area contributed by atoms with E-state index in [2.05, 4.69) is 10.6 Å². The van der Waals surface area contributed by atoms with Gasteiger partial charge < -0.3 is 15.4 Å². The van der Waals surface area contributed by atoms with Crippen LogP contribution in [0.15, 0.2) is 42.5 Å². The summed E-state index contributed by atoms with van der Waals surface area (Å²) >= 11 is 0. The maximum absolute atomic E-state index is 11.9. The number of ether oxygens (including phenoxy) is 1. The molecule has 2 aromatic carbocycles. The van der Waals surface area contributed by atoms with E-state index in [-0.39, 0.29) is 30.9 Å². The van der Waals surface area contributed by atoms with E-state index in [1.807, 2.05) is 26.0 Å². The Hall–Kier alpha value is -3.75. The van der Waals surface area contributed by atoms with Crippen molar-refractivity contribution in [1.82, 2.24) is 0 Å². The Balaban J connectivity index is 1.66. The highest BCUT2D eigenvalue weighted by Crippen LogP contribution is 2.17. The maximum atomic E-state index is 11.9. The van der Waals surface area contributed by atoms with Crippen LogP contribution in [0.1, 0.15) is 30.4 Å². The molecule has 9 heteroatoms. The lowest BCUT2D eigenvalue weighted by atomic mass is 10.1. The van der Waals surface area contributed by atoms with Gasteiger partial charge in [-0.15, -0.1) is 0 Å². The summed E-state index contributed by atoms with van der Waals surface area (Å²) in [5, 5.41) is 15.9. The first kappa shape index (κ1) is 22.5. The molecule has 0 fully saturated rings. The van der Waals surface area contributed by atoms with E-state index in [1.165, 1.54) is 24.3 Å². The third-order valence-electron chi connectivity index (χ3n) is 4.17. The van der Waals surface area contributed by atoms with Crippen LogP contribution in [0.25, 0.3) is 0 Å². The Bertz CT molecular complexity index is 940. The van der Waals surface area contributed by atoms with Crippen LogP contribution >= 0.6 is 0 Å². The number of aryl methyl sites for hydroxylation is 2. The van der Waals surface area contributed by atoms with Crippen molar-refractivity contribution in [2.24, 2.45) is 0 Å². The van der Waals surface area contributed by atoms with Crippen LogP contribution in [0.3, 0.4) is 0 Å². The zero-order valence-electron chi connectivity index (χ0n) is 16.8. The summed E-state index contributed by atoms with van der Waals surface area (Å²) in [4.78, 5) is 45.6. The third-order valence-corrected chi connectivity index (χ3v) is 4.17. The van der Waals surface area contributed by atoms with Crippen molar-refractivity contribution >= 4 is 34.8 Å². The summed E-state index contributed by atoms with van der Waals surface area (Å²) in [5.74, 6) is -1.34. The SMILES string of the molecule is Cc1ccc(NC(=O)COC(=O)CCCC(=O)Nc2ccc([N+](=O)[O-])cc2)c(C)c1. The van der Waals surface area contributed by atoms with Gasteiger partial charge in [-0.05, 0) is 44.0 Å². The van der Waals surface area contributed by atoms with E-state index >= 15 is 0 Å². The number of carbonyl (C=O) groups is 3.